The molecule has 1 heterocycles. The van der Waals surface area contributed by atoms with Crippen molar-refractivity contribution in [2.45, 2.75) is 30.6 Å². The smallest absolute Gasteiger partial charge is 0.243 e. The molecule has 1 saturated heterocycles. The van der Waals surface area contributed by atoms with E-state index in [4.69, 9.17) is 4.74 Å². The Kier molecular flexibility index (Phi) is 4.56. The number of hydrogen-bond donors (Lipinski definition) is 1. The van der Waals surface area contributed by atoms with Crippen LogP contribution in [0.25, 0.3) is 0 Å². The standard InChI is InChI=1S/C18H24N2O4S/c21-18(17-11-13-4-5-14(17)10-13)19-15-2-1-3-16(12-15)25(22,23)20-6-8-24-9-7-20/h1-3,12-14,17H,4-11H2,(H,19,21). The second-order valence-corrected chi connectivity index (χ2v) is 9.25. The van der Waals surface area contributed by atoms with Crippen LogP contribution in [0.5, 0.6) is 0 Å². The van der Waals surface area contributed by atoms with E-state index in [1.54, 1.807) is 24.3 Å². The van der Waals surface area contributed by atoms with Crippen LogP contribution in [0.4, 0.5) is 5.69 Å². The second-order valence-electron chi connectivity index (χ2n) is 7.31. The number of nitrogens with one attached hydrogen (secondary N) is 1. The lowest BCUT2D eigenvalue weighted by atomic mass is 9.88. The lowest BCUT2D eigenvalue weighted by molar-refractivity contribution is -0.121. The lowest BCUT2D eigenvalue weighted by Crippen LogP contribution is -2.40. The van der Waals surface area contributed by atoms with Crippen molar-refractivity contribution in [1.29, 1.82) is 0 Å². The van der Waals surface area contributed by atoms with Gasteiger partial charge in [-0.3, -0.25) is 4.79 Å². The number of carbonyl (C=O) groups excluding carboxylic acids is 1. The van der Waals surface area contributed by atoms with E-state index in [1.165, 1.54) is 17.1 Å². The molecule has 4 rings (SSSR count). The first kappa shape index (κ1) is 17.0. The lowest BCUT2D eigenvalue weighted by Gasteiger charge is -2.26. The Balaban J connectivity index is 1.48. The molecule has 2 aliphatic carbocycles. The highest BCUT2D eigenvalue weighted by atomic mass is 32.2. The number of ether oxygens (including phenoxy) is 1. The molecule has 1 amide bonds. The Labute approximate surface area is 148 Å². The number of amides is 1. The molecule has 3 atom stereocenters. The predicted molar refractivity (Wildman–Crippen MR) is 93.6 cm³/mol. The molecule has 0 spiro atoms. The Morgan fingerprint density at radius 3 is 2.64 bits per heavy atom. The van der Waals surface area contributed by atoms with E-state index in [2.05, 4.69) is 5.32 Å². The van der Waals surface area contributed by atoms with Crippen LogP contribution in [0.15, 0.2) is 29.2 Å². The van der Waals surface area contributed by atoms with Crippen molar-refractivity contribution in [2.75, 3.05) is 31.6 Å². The summed E-state index contributed by atoms with van der Waals surface area (Å²) in [6.45, 7) is 1.56. The van der Waals surface area contributed by atoms with Crippen LogP contribution < -0.4 is 5.32 Å². The van der Waals surface area contributed by atoms with Gasteiger partial charge in [0.1, 0.15) is 0 Å². The zero-order chi connectivity index (χ0) is 17.4. The average Bonchev–Trinajstić information content (AvgIpc) is 3.26. The first-order valence-electron chi connectivity index (χ1n) is 9.03. The third-order valence-electron chi connectivity index (χ3n) is 5.78. The number of carbonyl (C=O) groups is 1. The summed E-state index contributed by atoms with van der Waals surface area (Å²) in [5, 5.41) is 2.94. The average molecular weight is 364 g/mol. The van der Waals surface area contributed by atoms with Crippen LogP contribution in [0.3, 0.4) is 0 Å². The van der Waals surface area contributed by atoms with Gasteiger partial charge in [0.05, 0.1) is 18.1 Å². The van der Waals surface area contributed by atoms with Crippen molar-refractivity contribution in [3.05, 3.63) is 24.3 Å². The second kappa shape index (κ2) is 6.70. The van der Waals surface area contributed by atoms with E-state index in [0.717, 1.165) is 12.8 Å². The summed E-state index contributed by atoms with van der Waals surface area (Å²) in [6, 6.07) is 6.58. The molecule has 3 fully saturated rings. The van der Waals surface area contributed by atoms with Gasteiger partial charge in [-0.15, -0.1) is 0 Å². The van der Waals surface area contributed by atoms with Gasteiger partial charge in [0.25, 0.3) is 0 Å². The molecule has 136 valence electrons. The molecule has 1 aromatic rings. The Bertz CT molecular complexity index is 758. The van der Waals surface area contributed by atoms with Crippen molar-refractivity contribution < 1.29 is 17.9 Å². The number of hydrogen-bond acceptors (Lipinski definition) is 4. The third-order valence-corrected chi connectivity index (χ3v) is 7.68. The topological polar surface area (TPSA) is 75.7 Å². The SMILES string of the molecule is O=C(Nc1cccc(S(=O)(=O)N2CCOCC2)c1)C1CC2CCC1C2. The van der Waals surface area contributed by atoms with E-state index in [0.29, 0.717) is 43.8 Å². The molecule has 3 aliphatic rings. The molecule has 6 nitrogen and oxygen atoms in total. The van der Waals surface area contributed by atoms with Crippen molar-refractivity contribution in [1.82, 2.24) is 4.31 Å². The van der Waals surface area contributed by atoms with Gasteiger partial charge in [0.2, 0.25) is 15.9 Å². The van der Waals surface area contributed by atoms with Crippen molar-refractivity contribution in [3.8, 4) is 0 Å². The summed E-state index contributed by atoms with van der Waals surface area (Å²) in [7, 11) is -3.55. The molecule has 7 heteroatoms. The molecule has 2 saturated carbocycles. The summed E-state index contributed by atoms with van der Waals surface area (Å²) in [5.41, 5.74) is 0.558. The van der Waals surface area contributed by atoms with Crippen LogP contribution >= 0.6 is 0 Å². The van der Waals surface area contributed by atoms with Crippen molar-refractivity contribution in [3.63, 3.8) is 0 Å². The quantitative estimate of drug-likeness (QED) is 0.888. The predicted octanol–water partition coefficient (Wildman–Crippen LogP) is 2.08. The maximum Gasteiger partial charge on any atom is 0.243 e. The van der Waals surface area contributed by atoms with Gasteiger partial charge in [-0.2, -0.15) is 4.31 Å². The van der Waals surface area contributed by atoms with Gasteiger partial charge < -0.3 is 10.1 Å². The van der Waals surface area contributed by atoms with E-state index >= 15 is 0 Å². The van der Waals surface area contributed by atoms with Gasteiger partial charge in [-0.25, -0.2) is 8.42 Å². The normalized spacial score (nSPS) is 29.7. The molecule has 1 aromatic carbocycles. The van der Waals surface area contributed by atoms with E-state index in [9.17, 15) is 13.2 Å². The summed E-state index contributed by atoms with van der Waals surface area (Å²) in [4.78, 5) is 12.8. The zero-order valence-corrected chi connectivity index (χ0v) is 15.0. The van der Waals surface area contributed by atoms with Gasteiger partial charge >= 0.3 is 0 Å². The number of rotatable bonds is 4. The van der Waals surface area contributed by atoms with Crippen molar-refractivity contribution >= 4 is 21.6 Å². The molecule has 0 radical (unpaired) electrons. The highest BCUT2D eigenvalue weighted by molar-refractivity contribution is 7.89. The maximum atomic E-state index is 12.7. The molecule has 1 N–H and O–H groups in total. The van der Waals surface area contributed by atoms with Crippen LogP contribution in [-0.2, 0) is 19.6 Å². The largest absolute Gasteiger partial charge is 0.379 e. The number of nitrogens with zero attached hydrogens (tertiary/aromatic N) is 1. The minimum atomic E-state index is -3.55. The number of sulfonamides is 1. The number of anilines is 1. The van der Waals surface area contributed by atoms with Crippen LogP contribution in [0.2, 0.25) is 0 Å². The fourth-order valence-corrected chi connectivity index (χ4v) is 5.93. The minimum Gasteiger partial charge on any atom is -0.379 e. The highest BCUT2D eigenvalue weighted by Gasteiger charge is 2.43. The van der Waals surface area contributed by atoms with Gasteiger partial charge in [0, 0.05) is 24.7 Å². The molecule has 2 bridgehead atoms. The minimum absolute atomic E-state index is 0.0353. The Morgan fingerprint density at radius 1 is 1.16 bits per heavy atom. The van der Waals surface area contributed by atoms with E-state index in [1.807, 2.05) is 0 Å². The number of morpholine rings is 1. The van der Waals surface area contributed by atoms with Crippen LogP contribution in [0.1, 0.15) is 25.7 Å². The van der Waals surface area contributed by atoms with Gasteiger partial charge in [-0.05, 0) is 49.3 Å². The Hall–Kier alpha value is -1.44. The summed E-state index contributed by atoms with van der Waals surface area (Å²) < 4.78 is 32.1. The van der Waals surface area contributed by atoms with E-state index < -0.39 is 10.0 Å². The molecule has 3 unspecified atom stereocenters. The van der Waals surface area contributed by atoms with Crippen LogP contribution in [-0.4, -0.2) is 44.9 Å². The summed E-state index contributed by atoms with van der Waals surface area (Å²) in [5.74, 6) is 1.32. The van der Waals surface area contributed by atoms with Gasteiger partial charge in [0.15, 0.2) is 0 Å². The highest BCUT2D eigenvalue weighted by Crippen LogP contribution is 2.48. The fraction of sp³-hybridized carbons (Fsp3) is 0.611. The zero-order valence-electron chi connectivity index (χ0n) is 14.2. The monoisotopic (exact) mass is 364 g/mol. The molecule has 0 aromatic heterocycles. The summed E-state index contributed by atoms with van der Waals surface area (Å²) in [6.07, 6.45) is 4.54. The Morgan fingerprint density at radius 2 is 1.96 bits per heavy atom. The first-order chi connectivity index (χ1) is 12.0. The summed E-state index contributed by atoms with van der Waals surface area (Å²) >= 11 is 0. The van der Waals surface area contributed by atoms with Crippen molar-refractivity contribution in [2.24, 2.45) is 17.8 Å². The number of benzene rings is 1. The van der Waals surface area contributed by atoms with E-state index in [-0.39, 0.29) is 16.7 Å². The third kappa shape index (κ3) is 3.32. The number of fused-ring (bicyclic) bond motifs is 2. The molecule has 1 aliphatic heterocycles. The molecule has 25 heavy (non-hydrogen) atoms. The fourth-order valence-electron chi connectivity index (χ4n) is 4.47. The molecular weight excluding hydrogens is 340 g/mol. The van der Waals surface area contributed by atoms with Crippen LogP contribution in [0, 0.1) is 17.8 Å². The maximum absolute atomic E-state index is 12.7. The molecular formula is C18H24N2O4S. The van der Waals surface area contributed by atoms with Gasteiger partial charge in [-0.1, -0.05) is 12.5 Å². The first-order valence-corrected chi connectivity index (χ1v) is 10.5.